The Labute approximate surface area is 196 Å². The van der Waals surface area contributed by atoms with Crippen LogP contribution in [0.15, 0.2) is 52.2 Å². The Morgan fingerprint density at radius 3 is 2.28 bits per heavy atom. The fraction of sp³-hybridized carbons (Fsp3) is 0.143. The van der Waals surface area contributed by atoms with Gasteiger partial charge in [-0.3, -0.25) is 14.4 Å². The zero-order valence-corrected chi connectivity index (χ0v) is 19.2. The lowest BCUT2D eigenvalue weighted by atomic mass is 10.2. The Hall–Kier alpha value is -2.95. The number of hydrogen-bond acceptors (Lipinski definition) is 6. The lowest BCUT2D eigenvalue weighted by Gasteiger charge is -2.06. The molecule has 11 heteroatoms. The first-order chi connectivity index (χ1) is 15.3. The fourth-order valence-corrected chi connectivity index (χ4v) is 4.37. The van der Waals surface area contributed by atoms with Crippen molar-refractivity contribution in [3.05, 3.63) is 64.4 Å². The van der Waals surface area contributed by atoms with Crippen LogP contribution in [0.25, 0.3) is 0 Å². The molecule has 0 spiro atoms. The van der Waals surface area contributed by atoms with Crippen LogP contribution in [-0.4, -0.2) is 28.5 Å². The molecule has 3 amide bonds. The quantitative estimate of drug-likeness (QED) is 0.392. The van der Waals surface area contributed by atoms with Crippen LogP contribution in [-0.2, 0) is 20.8 Å². The number of benzene rings is 2. The zero-order valence-electron chi connectivity index (χ0n) is 16.8. The molecule has 3 N–H and O–H groups in total. The average Bonchev–Trinajstić information content (AvgIpc) is 3.17. The van der Waals surface area contributed by atoms with Gasteiger partial charge in [-0.1, -0.05) is 23.4 Å². The van der Waals surface area contributed by atoms with Crippen molar-refractivity contribution in [3.63, 3.8) is 0 Å². The second kappa shape index (κ2) is 11.1. The third-order valence-corrected chi connectivity index (χ3v) is 6.25. The van der Waals surface area contributed by atoms with Crippen molar-refractivity contribution in [2.75, 3.05) is 21.7 Å². The first-order valence-electron chi connectivity index (χ1n) is 9.28. The summed E-state index contributed by atoms with van der Waals surface area (Å²) < 4.78 is 13.9. The van der Waals surface area contributed by atoms with E-state index < -0.39 is 5.82 Å². The van der Waals surface area contributed by atoms with Crippen molar-refractivity contribution in [2.24, 2.45) is 0 Å². The summed E-state index contributed by atoms with van der Waals surface area (Å²) in [6.45, 7) is 1.42. The van der Waals surface area contributed by atoms with Gasteiger partial charge in [0.2, 0.25) is 17.7 Å². The highest BCUT2D eigenvalue weighted by Gasteiger charge is 2.11. The summed E-state index contributed by atoms with van der Waals surface area (Å²) in [6.07, 6.45) is 0.0406. The Bertz CT molecular complexity index is 1140. The number of carbonyl (C=O) groups is 3. The van der Waals surface area contributed by atoms with E-state index in [9.17, 15) is 18.8 Å². The summed E-state index contributed by atoms with van der Waals surface area (Å²) in [5, 5.41) is 9.74. The van der Waals surface area contributed by atoms with Crippen molar-refractivity contribution < 1.29 is 18.8 Å². The van der Waals surface area contributed by atoms with Crippen molar-refractivity contribution >= 4 is 69.5 Å². The number of nitrogens with zero attached hydrogens (tertiary/aromatic N) is 1. The standard InChI is InChI=1S/C21H18ClFN4O3S2/c1-12(28)24-13-2-4-14(5-3-13)25-20(30)11-32-21-27-16(10-31-21)9-19(29)26-15-6-7-18(23)17(22)8-15/h2-8,10H,9,11H2,1H3,(H,24,28)(H,25,30)(H,26,29). The predicted octanol–water partition coefficient (Wildman–Crippen LogP) is 4.81. The Morgan fingerprint density at radius 2 is 1.62 bits per heavy atom. The van der Waals surface area contributed by atoms with E-state index in [4.69, 9.17) is 11.6 Å². The summed E-state index contributed by atoms with van der Waals surface area (Å²) in [5.41, 5.74) is 2.22. The number of nitrogens with one attached hydrogen (secondary N) is 3. The largest absolute Gasteiger partial charge is 0.326 e. The molecule has 32 heavy (non-hydrogen) atoms. The van der Waals surface area contributed by atoms with Gasteiger partial charge in [0.1, 0.15) is 5.82 Å². The highest BCUT2D eigenvalue weighted by atomic mass is 35.5. The maximum Gasteiger partial charge on any atom is 0.234 e. The molecule has 0 atom stereocenters. The van der Waals surface area contributed by atoms with Crippen molar-refractivity contribution in [1.82, 2.24) is 4.98 Å². The van der Waals surface area contributed by atoms with Gasteiger partial charge in [-0.2, -0.15) is 0 Å². The molecule has 0 saturated carbocycles. The summed E-state index contributed by atoms with van der Waals surface area (Å²) in [4.78, 5) is 39.7. The molecule has 0 saturated heterocycles. The minimum atomic E-state index is -0.558. The van der Waals surface area contributed by atoms with Crippen LogP contribution in [0, 0.1) is 5.82 Å². The SMILES string of the molecule is CC(=O)Nc1ccc(NC(=O)CSc2nc(CC(=O)Nc3ccc(F)c(Cl)c3)cs2)cc1. The highest BCUT2D eigenvalue weighted by molar-refractivity contribution is 8.01. The fourth-order valence-electron chi connectivity index (χ4n) is 2.54. The Morgan fingerprint density at radius 1 is 1.00 bits per heavy atom. The number of halogens is 2. The number of rotatable bonds is 8. The molecule has 0 aliphatic rings. The zero-order chi connectivity index (χ0) is 23.1. The van der Waals surface area contributed by atoms with E-state index in [1.807, 2.05) is 0 Å². The molecule has 166 valence electrons. The molecule has 0 fully saturated rings. The molecular formula is C21H18ClFN4O3S2. The molecule has 0 aliphatic carbocycles. The minimum absolute atomic E-state index is 0.0406. The molecule has 0 radical (unpaired) electrons. The van der Waals surface area contributed by atoms with Crippen LogP contribution in [0.2, 0.25) is 5.02 Å². The molecule has 7 nitrogen and oxygen atoms in total. The van der Waals surface area contributed by atoms with E-state index in [0.29, 0.717) is 27.1 Å². The summed E-state index contributed by atoms with van der Waals surface area (Å²) in [7, 11) is 0. The summed E-state index contributed by atoms with van der Waals surface area (Å²) in [5.74, 6) is -1.09. The van der Waals surface area contributed by atoms with E-state index in [1.54, 1.807) is 29.6 Å². The number of hydrogen-bond donors (Lipinski definition) is 3. The number of thiazole rings is 1. The van der Waals surface area contributed by atoms with E-state index in [0.717, 1.165) is 0 Å². The van der Waals surface area contributed by atoms with Crippen molar-refractivity contribution in [2.45, 2.75) is 17.7 Å². The second-order valence-electron chi connectivity index (χ2n) is 6.55. The first kappa shape index (κ1) is 23.7. The van der Waals surface area contributed by atoms with Gasteiger partial charge >= 0.3 is 0 Å². The lowest BCUT2D eigenvalue weighted by Crippen LogP contribution is -2.15. The maximum absolute atomic E-state index is 13.2. The number of anilines is 3. The molecule has 0 unspecified atom stereocenters. The average molecular weight is 493 g/mol. The molecule has 0 bridgehead atoms. The van der Waals surface area contributed by atoms with E-state index >= 15 is 0 Å². The van der Waals surface area contributed by atoms with Crippen molar-refractivity contribution in [3.8, 4) is 0 Å². The maximum atomic E-state index is 13.2. The van der Waals surface area contributed by atoms with Crippen LogP contribution in [0.3, 0.4) is 0 Å². The van der Waals surface area contributed by atoms with Crippen LogP contribution in [0.4, 0.5) is 21.5 Å². The topological polar surface area (TPSA) is 100 Å². The van der Waals surface area contributed by atoms with E-state index in [2.05, 4.69) is 20.9 Å². The Balaban J connectivity index is 1.45. The second-order valence-corrected chi connectivity index (χ2v) is 9.04. The predicted molar refractivity (Wildman–Crippen MR) is 126 cm³/mol. The monoisotopic (exact) mass is 492 g/mol. The number of carbonyl (C=O) groups excluding carboxylic acids is 3. The van der Waals surface area contributed by atoms with E-state index in [1.165, 1.54) is 48.2 Å². The first-order valence-corrected chi connectivity index (χ1v) is 11.5. The molecule has 1 aromatic heterocycles. The third kappa shape index (κ3) is 7.33. The summed E-state index contributed by atoms with van der Waals surface area (Å²) >= 11 is 8.31. The number of amides is 3. The molecule has 0 aliphatic heterocycles. The van der Waals surface area contributed by atoms with Crippen LogP contribution in [0.5, 0.6) is 0 Å². The number of thioether (sulfide) groups is 1. The molecular weight excluding hydrogens is 475 g/mol. The van der Waals surface area contributed by atoms with Gasteiger partial charge in [0.15, 0.2) is 4.34 Å². The molecule has 3 rings (SSSR count). The smallest absolute Gasteiger partial charge is 0.234 e. The molecule has 1 heterocycles. The third-order valence-electron chi connectivity index (χ3n) is 3.89. The normalized spacial score (nSPS) is 10.5. The van der Waals surface area contributed by atoms with Gasteiger partial charge in [0.05, 0.1) is 22.9 Å². The van der Waals surface area contributed by atoms with Crippen LogP contribution in [0.1, 0.15) is 12.6 Å². The van der Waals surface area contributed by atoms with Crippen molar-refractivity contribution in [1.29, 1.82) is 0 Å². The van der Waals surface area contributed by atoms with Crippen LogP contribution >= 0.6 is 34.7 Å². The van der Waals surface area contributed by atoms with Gasteiger partial charge in [-0.25, -0.2) is 9.37 Å². The summed E-state index contributed by atoms with van der Waals surface area (Å²) in [6, 6.07) is 10.7. The van der Waals surface area contributed by atoms with Gasteiger partial charge < -0.3 is 16.0 Å². The Kier molecular flexibility index (Phi) is 8.20. The number of aromatic nitrogens is 1. The molecule has 2 aromatic carbocycles. The van der Waals surface area contributed by atoms with Gasteiger partial charge in [-0.05, 0) is 42.5 Å². The van der Waals surface area contributed by atoms with Crippen LogP contribution < -0.4 is 16.0 Å². The van der Waals surface area contributed by atoms with Gasteiger partial charge in [0.25, 0.3) is 0 Å². The van der Waals surface area contributed by atoms with E-state index in [-0.39, 0.29) is 34.9 Å². The van der Waals surface area contributed by atoms with Gasteiger partial charge in [0, 0.05) is 29.4 Å². The molecule has 3 aromatic rings. The van der Waals surface area contributed by atoms with Gasteiger partial charge in [-0.15, -0.1) is 11.3 Å². The lowest BCUT2D eigenvalue weighted by molar-refractivity contribution is -0.116. The highest BCUT2D eigenvalue weighted by Crippen LogP contribution is 2.24. The minimum Gasteiger partial charge on any atom is -0.326 e.